The zero-order chi connectivity index (χ0) is 20.2. The second kappa shape index (κ2) is 8.19. The molecule has 2 aromatic carbocycles. The summed E-state index contributed by atoms with van der Waals surface area (Å²) in [4.78, 5) is 12.6. The summed E-state index contributed by atoms with van der Waals surface area (Å²) in [6, 6.07) is 12.5. The van der Waals surface area contributed by atoms with E-state index in [-0.39, 0.29) is 11.6 Å². The summed E-state index contributed by atoms with van der Waals surface area (Å²) in [6.07, 6.45) is 0. The molecule has 9 nitrogen and oxygen atoms in total. The van der Waals surface area contributed by atoms with Crippen molar-refractivity contribution < 1.29 is 19.0 Å². The fraction of sp³-hybridized carbons (Fsp3) is 0.250. The lowest BCUT2D eigenvalue weighted by atomic mass is 10.2. The van der Waals surface area contributed by atoms with E-state index in [1.165, 1.54) is 0 Å². The van der Waals surface area contributed by atoms with Crippen LogP contribution in [0.15, 0.2) is 42.5 Å². The lowest BCUT2D eigenvalue weighted by molar-refractivity contribution is 0.102. The second-order valence-electron chi connectivity index (χ2n) is 6.38. The van der Waals surface area contributed by atoms with Gasteiger partial charge in [0.1, 0.15) is 25.6 Å². The van der Waals surface area contributed by atoms with E-state index in [4.69, 9.17) is 19.9 Å². The van der Waals surface area contributed by atoms with E-state index in [9.17, 15) is 4.79 Å². The van der Waals surface area contributed by atoms with Gasteiger partial charge in [-0.3, -0.25) is 4.79 Å². The highest BCUT2D eigenvalue weighted by Crippen LogP contribution is 2.32. The zero-order valence-electron chi connectivity index (χ0n) is 15.9. The lowest BCUT2D eigenvalue weighted by Crippen LogP contribution is -2.16. The predicted octanol–water partition coefficient (Wildman–Crippen LogP) is 1.94. The maximum atomic E-state index is 12.6. The van der Waals surface area contributed by atoms with Gasteiger partial charge >= 0.3 is 0 Å². The van der Waals surface area contributed by atoms with Crippen LogP contribution in [0, 0.1) is 6.92 Å². The van der Waals surface area contributed by atoms with Crippen molar-refractivity contribution in [3.05, 3.63) is 53.9 Å². The van der Waals surface area contributed by atoms with Crippen molar-refractivity contribution in [2.24, 2.45) is 5.73 Å². The molecule has 0 bridgehead atoms. The Kier molecular flexibility index (Phi) is 5.30. The molecule has 0 atom stereocenters. The third kappa shape index (κ3) is 3.99. The molecule has 2 heterocycles. The summed E-state index contributed by atoms with van der Waals surface area (Å²) < 4.78 is 18.2. The van der Waals surface area contributed by atoms with Gasteiger partial charge in [-0.2, -0.15) is 0 Å². The molecule has 4 rings (SSSR count). The molecule has 0 aliphatic carbocycles. The summed E-state index contributed by atoms with van der Waals surface area (Å²) in [7, 11) is 0. The monoisotopic (exact) mass is 395 g/mol. The largest absolute Gasteiger partial charge is 0.492 e. The van der Waals surface area contributed by atoms with Crippen LogP contribution in [0.1, 0.15) is 16.2 Å². The van der Waals surface area contributed by atoms with E-state index in [1.54, 1.807) is 35.9 Å². The topological polar surface area (TPSA) is 114 Å². The van der Waals surface area contributed by atoms with Gasteiger partial charge in [0.15, 0.2) is 17.2 Å². The Bertz CT molecular complexity index is 1020. The van der Waals surface area contributed by atoms with E-state index in [1.807, 2.05) is 18.2 Å². The molecule has 3 N–H and O–H groups in total. The minimum Gasteiger partial charge on any atom is -0.492 e. The highest BCUT2D eigenvalue weighted by molar-refractivity contribution is 6.03. The number of hydrogen-bond acceptors (Lipinski definition) is 7. The summed E-state index contributed by atoms with van der Waals surface area (Å²) >= 11 is 0. The second-order valence-corrected chi connectivity index (χ2v) is 6.38. The quantitative estimate of drug-likeness (QED) is 0.656. The van der Waals surface area contributed by atoms with Crippen LogP contribution >= 0.6 is 0 Å². The molecule has 150 valence electrons. The van der Waals surface area contributed by atoms with Crippen LogP contribution in [0.25, 0.3) is 5.69 Å². The van der Waals surface area contributed by atoms with Crippen molar-refractivity contribution in [1.82, 2.24) is 15.0 Å². The molecule has 0 radical (unpaired) electrons. The first-order valence-corrected chi connectivity index (χ1v) is 9.22. The molecule has 0 unspecified atom stereocenters. The number of amides is 1. The standard InChI is InChI=1S/C20H21N5O4/c1-13-19(20(26)22-14-2-5-16(6-3-14)27-9-8-21)23-24-25(13)15-4-7-17-18(12-15)29-11-10-28-17/h2-7,12H,8-11,21H2,1H3,(H,22,26). The number of ether oxygens (including phenoxy) is 3. The van der Waals surface area contributed by atoms with Crippen molar-refractivity contribution in [3.8, 4) is 22.9 Å². The van der Waals surface area contributed by atoms with Crippen LogP contribution in [0.2, 0.25) is 0 Å². The molecule has 0 spiro atoms. The molecular weight excluding hydrogens is 374 g/mol. The number of carbonyl (C=O) groups excluding carboxylic acids is 1. The molecule has 1 aromatic heterocycles. The van der Waals surface area contributed by atoms with E-state index in [2.05, 4.69) is 15.6 Å². The Hall–Kier alpha value is -3.59. The first-order chi connectivity index (χ1) is 14.2. The van der Waals surface area contributed by atoms with Crippen LogP contribution in [-0.2, 0) is 0 Å². The number of fused-ring (bicyclic) bond motifs is 1. The van der Waals surface area contributed by atoms with Crippen molar-refractivity contribution in [2.75, 3.05) is 31.7 Å². The van der Waals surface area contributed by atoms with Crippen LogP contribution in [0.3, 0.4) is 0 Å². The summed E-state index contributed by atoms with van der Waals surface area (Å²) in [5, 5.41) is 11.0. The molecule has 1 aliphatic rings. The highest BCUT2D eigenvalue weighted by atomic mass is 16.6. The number of anilines is 1. The fourth-order valence-electron chi connectivity index (χ4n) is 2.95. The summed E-state index contributed by atoms with van der Waals surface area (Å²) in [6.45, 7) is 3.69. The van der Waals surface area contributed by atoms with Crippen LogP contribution in [0.4, 0.5) is 5.69 Å². The van der Waals surface area contributed by atoms with Crippen LogP contribution in [0.5, 0.6) is 17.2 Å². The summed E-state index contributed by atoms with van der Waals surface area (Å²) in [5.41, 5.74) is 7.63. The maximum Gasteiger partial charge on any atom is 0.278 e. The van der Waals surface area contributed by atoms with Crippen LogP contribution < -0.4 is 25.3 Å². The number of carbonyl (C=O) groups is 1. The molecule has 3 aromatic rings. The van der Waals surface area contributed by atoms with E-state index in [0.29, 0.717) is 55.0 Å². The summed E-state index contributed by atoms with van der Waals surface area (Å²) in [5.74, 6) is 1.68. The Balaban J connectivity index is 1.50. The molecule has 0 fully saturated rings. The SMILES string of the molecule is Cc1c(C(=O)Nc2ccc(OCCN)cc2)nnn1-c1ccc2c(c1)OCCO2. The van der Waals surface area contributed by atoms with Gasteiger partial charge in [-0.25, -0.2) is 4.68 Å². The molecule has 0 saturated heterocycles. The van der Waals surface area contributed by atoms with Gasteiger partial charge < -0.3 is 25.3 Å². The number of nitrogens with two attached hydrogens (primary N) is 1. The fourth-order valence-corrected chi connectivity index (χ4v) is 2.95. The van der Waals surface area contributed by atoms with Crippen LogP contribution in [-0.4, -0.2) is 47.3 Å². The molecule has 0 saturated carbocycles. The maximum absolute atomic E-state index is 12.6. The van der Waals surface area contributed by atoms with Gasteiger partial charge in [0.05, 0.1) is 11.4 Å². The van der Waals surface area contributed by atoms with Gasteiger partial charge in [0.2, 0.25) is 0 Å². The predicted molar refractivity (Wildman–Crippen MR) is 106 cm³/mol. The smallest absolute Gasteiger partial charge is 0.278 e. The Labute approximate surface area is 167 Å². The van der Waals surface area contributed by atoms with Crippen molar-refractivity contribution in [1.29, 1.82) is 0 Å². The Morgan fingerprint density at radius 1 is 1.17 bits per heavy atom. The van der Waals surface area contributed by atoms with Gasteiger partial charge in [0.25, 0.3) is 5.91 Å². The van der Waals surface area contributed by atoms with E-state index >= 15 is 0 Å². The third-order valence-corrected chi connectivity index (χ3v) is 4.38. The first kappa shape index (κ1) is 18.8. The highest BCUT2D eigenvalue weighted by Gasteiger charge is 2.19. The van der Waals surface area contributed by atoms with Gasteiger partial charge in [0, 0.05) is 18.3 Å². The minimum absolute atomic E-state index is 0.239. The number of hydrogen-bond donors (Lipinski definition) is 2. The molecule has 9 heteroatoms. The van der Waals surface area contributed by atoms with Gasteiger partial charge in [-0.05, 0) is 43.3 Å². The van der Waals surface area contributed by atoms with Gasteiger partial charge in [-0.15, -0.1) is 5.10 Å². The molecule has 1 aliphatic heterocycles. The van der Waals surface area contributed by atoms with E-state index in [0.717, 1.165) is 5.69 Å². The zero-order valence-corrected chi connectivity index (χ0v) is 15.9. The lowest BCUT2D eigenvalue weighted by Gasteiger charge is -2.18. The van der Waals surface area contributed by atoms with Crippen molar-refractivity contribution >= 4 is 11.6 Å². The molecule has 1 amide bonds. The number of nitrogens with one attached hydrogen (secondary N) is 1. The minimum atomic E-state index is -0.345. The van der Waals surface area contributed by atoms with E-state index < -0.39 is 0 Å². The molecular formula is C20H21N5O4. The van der Waals surface area contributed by atoms with Crippen molar-refractivity contribution in [3.63, 3.8) is 0 Å². The number of benzene rings is 2. The average Bonchev–Trinajstić information content (AvgIpc) is 3.14. The third-order valence-electron chi connectivity index (χ3n) is 4.38. The normalized spacial score (nSPS) is 12.5. The number of rotatable bonds is 6. The first-order valence-electron chi connectivity index (χ1n) is 9.22. The molecule has 29 heavy (non-hydrogen) atoms. The number of nitrogens with zero attached hydrogens (tertiary/aromatic N) is 3. The van der Waals surface area contributed by atoms with Crippen molar-refractivity contribution in [2.45, 2.75) is 6.92 Å². The van der Waals surface area contributed by atoms with Gasteiger partial charge in [-0.1, -0.05) is 5.21 Å². The Morgan fingerprint density at radius 2 is 1.93 bits per heavy atom. The number of aromatic nitrogens is 3. The Morgan fingerprint density at radius 3 is 2.69 bits per heavy atom. The average molecular weight is 395 g/mol.